The van der Waals surface area contributed by atoms with E-state index in [1.807, 2.05) is 0 Å². The number of benzene rings is 1. The highest BCUT2D eigenvalue weighted by Gasteiger charge is 2.36. The van der Waals surface area contributed by atoms with E-state index in [9.17, 15) is 21.6 Å². The Morgan fingerprint density at radius 3 is 2.06 bits per heavy atom. The third-order valence-electron chi connectivity index (χ3n) is 1.89. The smallest absolute Gasteiger partial charge is 0.206 e. The first-order valence-corrected chi connectivity index (χ1v) is 6.66. The number of hydrogen-bond acceptors (Lipinski definition) is 3. The molecule has 3 nitrogen and oxygen atoms in total. The molecule has 0 spiro atoms. The van der Waals surface area contributed by atoms with E-state index in [0.717, 1.165) is 12.6 Å². The lowest BCUT2D eigenvalue weighted by molar-refractivity contribution is -0.0347. The van der Waals surface area contributed by atoms with Crippen LogP contribution in [0, 0.1) is 6.92 Å². The lowest BCUT2D eigenvalue weighted by Gasteiger charge is -2.17. The number of halogens is 3. The molecule has 17 heavy (non-hydrogen) atoms. The fourth-order valence-electron chi connectivity index (χ4n) is 1.05. The van der Waals surface area contributed by atoms with Gasteiger partial charge in [-0.3, -0.25) is 0 Å². The Morgan fingerprint density at radius 2 is 1.65 bits per heavy atom. The number of nitrogens with zero attached hydrogens (tertiary/aromatic N) is 1. The minimum atomic E-state index is -4.63. The molecular weight excluding hydrogens is 275 g/mol. The van der Waals surface area contributed by atoms with Gasteiger partial charge in [-0.2, -0.15) is 13.2 Å². The molecule has 0 atom stereocenters. The number of aryl methyl sites for hydroxylation is 1. The van der Waals surface area contributed by atoms with Crippen molar-refractivity contribution in [3.63, 3.8) is 0 Å². The van der Waals surface area contributed by atoms with Gasteiger partial charge in [0, 0.05) is 19.0 Å². The quantitative estimate of drug-likeness (QED) is 0.801. The highest BCUT2D eigenvalue weighted by Crippen LogP contribution is 2.35. The summed E-state index contributed by atoms with van der Waals surface area (Å²) in [7, 11) is -3.24. The zero-order valence-electron chi connectivity index (χ0n) is 9.02. The molecule has 0 fully saturated rings. The molecule has 0 aliphatic rings. The predicted octanol–water partition coefficient (Wildman–Crippen LogP) is 2.78. The van der Waals surface area contributed by atoms with Crippen LogP contribution >= 0.6 is 11.9 Å². The van der Waals surface area contributed by atoms with Crippen LogP contribution in [0.5, 0.6) is 0 Å². The van der Waals surface area contributed by atoms with Gasteiger partial charge in [-0.1, -0.05) is 17.7 Å². The second-order valence-corrected chi connectivity index (χ2v) is 6.66. The summed E-state index contributed by atoms with van der Waals surface area (Å²) in [5.41, 5.74) is -3.80. The summed E-state index contributed by atoms with van der Waals surface area (Å²) < 4.78 is 59.9. The number of hydrogen-bond donors (Lipinski definition) is 0. The lowest BCUT2D eigenvalue weighted by Crippen LogP contribution is -2.24. The molecule has 0 bridgehead atoms. The highest BCUT2D eigenvalue weighted by molar-refractivity contribution is 8.09. The number of rotatable bonds is 3. The molecule has 0 radical (unpaired) electrons. The molecular formula is C9H10F3NO2S2. The topological polar surface area (TPSA) is 37.4 Å². The lowest BCUT2D eigenvalue weighted by atomic mass is 10.2. The van der Waals surface area contributed by atoms with Gasteiger partial charge in [0.2, 0.25) is 0 Å². The van der Waals surface area contributed by atoms with Crippen LogP contribution in [0.1, 0.15) is 5.56 Å². The third-order valence-corrected chi connectivity index (χ3v) is 4.71. The molecule has 1 aromatic rings. The van der Waals surface area contributed by atoms with E-state index in [1.165, 1.54) is 24.3 Å². The average Bonchev–Trinajstić information content (AvgIpc) is 2.15. The van der Waals surface area contributed by atoms with E-state index in [0.29, 0.717) is 0 Å². The van der Waals surface area contributed by atoms with Gasteiger partial charge in [0.05, 0.1) is 4.90 Å². The second kappa shape index (κ2) is 4.87. The average molecular weight is 285 g/mol. The minimum absolute atomic E-state index is 0.164. The molecule has 8 heteroatoms. The van der Waals surface area contributed by atoms with E-state index in [-0.39, 0.29) is 8.61 Å². The Hall–Kier alpha value is -0.730. The van der Waals surface area contributed by atoms with Crippen LogP contribution < -0.4 is 0 Å². The van der Waals surface area contributed by atoms with Gasteiger partial charge in [0.1, 0.15) is 0 Å². The van der Waals surface area contributed by atoms with Gasteiger partial charge in [-0.05, 0) is 19.1 Å². The molecule has 0 aliphatic heterocycles. The van der Waals surface area contributed by atoms with Gasteiger partial charge in [-0.25, -0.2) is 8.42 Å². The molecule has 0 amide bonds. The Morgan fingerprint density at radius 1 is 1.18 bits per heavy atom. The zero-order chi connectivity index (χ0) is 13.3. The summed E-state index contributed by atoms with van der Waals surface area (Å²) in [5.74, 6) is 0. The van der Waals surface area contributed by atoms with Gasteiger partial charge >= 0.3 is 5.51 Å². The van der Waals surface area contributed by atoms with Crippen molar-refractivity contribution in [2.24, 2.45) is 0 Å². The standard InChI is InChI=1S/C9H10F3NO2S2/c1-7-3-5-8(6-4-7)17(14,15)13(2)16-9(10,11)12/h3-6H,1-2H3. The maximum Gasteiger partial charge on any atom is 0.457 e. The maximum atomic E-state index is 12.1. The van der Waals surface area contributed by atoms with E-state index in [2.05, 4.69) is 0 Å². The van der Waals surface area contributed by atoms with Gasteiger partial charge in [0.25, 0.3) is 10.0 Å². The van der Waals surface area contributed by atoms with Gasteiger partial charge in [0.15, 0.2) is 0 Å². The maximum absolute atomic E-state index is 12.1. The molecule has 0 heterocycles. The van der Waals surface area contributed by atoms with E-state index >= 15 is 0 Å². The van der Waals surface area contributed by atoms with Gasteiger partial charge < -0.3 is 0 Å². The van der Waals surface area contributed by atoms with Crippen molar-refractivity contribution in [2.75, 3.05) is 7.05 Å². The van der Waals surface area contributed by atoms with Crippen molar-refractivity contribution < 1.29 is 21.6 Å². The Balaban J connectivity index is 2.99. The fourth-order valence-corrected chi connectivity index (χ4v) is 3.03. The van der Waals surface area contributed by atoms with Crippen molar-refractivity contribution in [3.8, 4) is 0 Å². The van der Waals surface area contributed by atoms with Crippen LogP contribution in [0.25, 0.3) is 0 Å². The molecule has 1 rings (SSSR count). The van der Waals surface area contributed by atoms with Crippen molar-refractivity contribution >= 4 is 22.0 Å². The van der Waals surface area contributed by atoms with Crippen LogP contribution in [0.2, 0.25) is 0 Å². The summed E-state index contributed by atoms with van der Waals surface area (Å²) in [4.78, 5) is -0.164. The SMILES string of the molecule is Cc1ccc(S(=O)(=O)N(C)SC(F)(F)F)cc1. The second-order valence-electron chi connectivity index (χ2n) is 3.26. The van der Waals surface area contributed by atoms with Crippen LogP contribution in [0.15, 0.2) is 29.2 Å². The molecule has 96 valence electrons. The highest BCUT2D eigenvalue weighted by atomic mass is 32.3. The molecule has 0 unspecified atom stereocenters. The molecule has 0 aromatic heterocycles. The fraction of sp³-hybridized carbons (Fsp3) is 0.333. The Labute approximate surface area is 102 Å². The van der Waals surface area contributed by atoms with Crippen LogP contribution in [0.4, 0.5) is 13.2 Å². The number of alkyl halides is 3. The van der Waals surface area contributed by atoms with Crippen molar-refractivity contribution in [3.05, 3.63) is 29.8 Å². The van der Waals surface area contributed by atoms with E-state index < -0.39 is 27.5 Å². The summed E-state index contributed by atoms with van der Waals surface area (Å²) >= 11 is -0.692. The van der Waals surface area contributed by atoms with E-state index in [4.69, 9.17) is 0 Å². The van der Waals surface area contributed by atoms with Crippen molar-refractivity contribution in [2.45, 2.75) is 17.3 Å². The first-order valence-electron chi connectivity index (χ1n) is 4.44. The summed E-state index contributed by atoms with van der Waals surface area (Å²) in [5, 5.41) is 0. The van der Waals surface area contributed by atoms with Crippen LogP contribution in [-0.2, 0) is 10.0 Å². The predicted molar refractivity (Wildman–Crippen MR) is 59.8 cm³/mol. The zero-order valence-corrected chi connectivity index (χ0v) is 10.7. The summed E-state index contributed by atoms with van der Waals surface area (Å²) in [6.45, 7) is 1.75. The largest absolute Gasteiger partial charge is 0.457 e. The molecule has 0 saturated carbocycles. The third kappa shape index (κ3) is 3.90. The van der Waals surface area contributed by atoms with Crippen LogP contribution in [0.3, 0.4) is 0 Å². The normalized spacial score (nSPS) is 13.1. The molecule has 1 aromatic carbocycles. The monoisotopic (exact) mass is 285 g/mol. The minimum Gasteiger partial charge on any atom is -0.206 e. The molecule has 0 N–H and O–H groups in total. The first-order chi connectivity index (χ1) is 7.63. The van der Waals surface area contributed by atoms with Crippen molar-refractivity contribution in [1.29, 1.82) is 0 Å². The number of sulfonamides is 1. The van der Waals surface area contributed by atoms with E-state index in [1.54, 1.807) is 6.92 Å². The van der Waals surface area contributed by atoms with Gasteiger partial charge in [-0.15, -0.1) is 3.71 Å². The first kappa shape index (κ1) is 14.3. The summed E-state index contributed by atoms with van der Waals surface area (Å²) in [6.07, 6.45) is 0. The van der Waals surface area contributed by atoms with Crippen LogP contribution in [-0.4, -0.2) is 24.7 Å². The molecule has 0 aliphatic carbocycles. The summed E-state index contributed by atoms with van der Waals surface area (Å²) in [6, 6.07) is 5.61. The van der Waals surface area contributed by atoms with Crippen molar-refractivity contribution in [1.82, 2.24) is 3.71 Å². The Bertz CT molecular complexity index is 482. The Kier molecular flexibility index (Phi) is 4.11. The molecule has 0 saturated heterocycles.